The fraction of sp³-hybridized carbons (Fsp3) is 0.250. The van der Waals surface area contributed by atoms with E-state index in [1.165, 1.54) is 11.2 Å². The zero-order valence-corrected chi connectivity index (χ0v) is 11.9. The van der Waals surface area contributed by atoms with Crippen molar-refractivity contribution in [2.75, 3.05) is 13.7 Å². The molecule has 0 atom stereocenters. The van der Waals surface area contributed by atoms with Gasteiger partial charge < -0.3 is 9.64 Å². The summed E-state index contributed by atoms with van der Waals surface area (Å²) in [6, 6.07) is 7.32. The number of ether oxygens (including phenoxy) is 1. The highest BCUT2D eigenvalue weighted by Gasteiger charge is 2.11. The number of likely N-dealkylation sites (N-methyl/N-ethyl adjacent to an activating group) is 1. The number of carbonyl (C=O) groups excluding carboxylic acids is 1. The van der Waals surface area contributed by atoms with Gasteiger partial charge in [-0.15, -0.1) is 0 Å². The summed E-state index contributed by atoms with van der Waals surface area (Å²) in [5, 5.41) is 6.43. The van der Waals surface area contributed by atoms with Crippen LogP contribution in [0.2, 0.25) is 0 Å². The van der Waals surface area contributed by atoms with Crippen molar-refractivity contribution in [2.45, 2.75) is 6.54 Å². The Morgan fingerprint density at radius 3 is 2.79 bits per heavy atom. The second-order valence-corrected chi connectivity index (χ2v) is 4.84. The summed E-state index contributed by atoms with van der Waals surface area (Å²) in [6.45, 7) is 0.370. The molecule has 0 aliphatic rings. The normalized spacial score (nSPS) is 10.2. The summed E-state index contributed by atoms with van der Waals surface area (Å²) >= 11 is 3.33. The van der Waals surface area contributed by atoms with Crippen molar-refractivity contribution in [3.8, 4) is 5.75 Å². The minimum Gasteiger partial charge on any atom is -0.484 e. The number of amides is 1. The first-order chi connectivity index (χ1) is 9.15. The van der Waals surface area contributed by atoms with Crippen LogP contribution in [0.4, 0.5) is 0 Å². The second-order valence-electron chi connectivity index (χ2n) is 3.92. The first-order valence-electron chi connectivity index (χ1n) is 5.62. The van der Waals surface area contributed by atoms with Crippen LogP contribution in [-0.2, 0) is 11.3 Å². The summed E-state index contributed by atoms with van der Waals surface area (Å²) in [4.78, 5) is 17.3. The molecule has 2 rings (SSSR count). The average molecular weight is 325 g/mol. The van der Waals surface area contributed by atoms with Crippen molar-refractivity contribution in [2.24, 2.45) is 0 Å². The van der Waals surface area contributed by atoms with E-state index in [-0.39, 0.29) is 12.5 Å². The van der Waals surface area contributed by atoms with E-state index in [1.807, 2.05) is 12.1 Å². The van der Waals surface area contributed by atoms with Crippen LogP contribution in [0.3, 0.4) is 0 Å². The molecule has 0 saturated carbocycles. The molecule has 0 saturated heterocycles. The Hall–Kier alpha value is -1.89. The fourth-order valence-corrected chi connectivity index (χ4v) is 1.67. The first-order valence-corrected chi connectivity index (χ1v) is 6.41. The van der Waals surface area contributed by atoms with Crippen molar-refractivity contribution in [3.63, 3.8) is 0 Å². The van der Waals surface area contributed by atoms with Crippen LogP contribution in [0.1, 0.15) is 5.82 Å². The highest BCUT2D eigenvalue weighted by atomic mass is 79.9. The number of benzene rings is 1. The first kappa shape index (κ1) is 13.5. The molecule has 0 aliphatic heterocycles. The highest BCUT2D eigenvalue weighted by Crippen LogP contribution is 2.16. The van der Waals surface area contributed by atoms with Gasteiger partial charge in [0.1, 0.15) is 17.9 Å². The highest BCUT2D eigenvalue weighted by molar-refractivity contribution is 9.10. The number of halogens is 1. The molecular weight excluding hydrogens is 312 g/mol. The monoisotopic (exact) mass is 324 g/mol. The molecule has 1 N–H and O–H groups in total. The molecule has 0 fully saturated rings. The van der Waals surface area contributed by atoms with Crippen LogP contribution in [-0.4, -0.2) is 39.6 Å². The van der Waals surface area contributed by atoms with Crippen molar-refractivity contribution in [3.05, 3.63) is 40.9 Å². The standard InChI is InChI=1S/C12H13BrN4O2/c1-17(6-11-14-8-15-16-11)12(18)7-19-10-4-2-9(13)3-5-10/h2-5,8H,6-7H2,1H3,(H,14,15,16). The van der Waals surface area contributed by atoms with E-state index >= 15 is 0 Å². The Morgan fingerprint density at radius 2 is 2.16 bits per heavy atom. The maximum absolute atomic E-state index is 11.8. The van der Waals surface area contributed by atoms with E-state index in [1.54, 1.807) is 19.2 Å². The van der Waals surface area contributed by atoms with Crippen LogP contribution in [0.15, 0.2) is 35.1 Å². The summed E-state index contributed by atoms with van der Waals surface area (Å²) in [6.07, 6.45) is 1.41. The lowest BCUT2D eigenvalue weighted by atomic mass is 10.3. The van der Waals surface area contributed by atoms with Gasteiger partial charge in [0, 0.05) is 11.5 Å². The Bertz CT molecular complexity index is 527. The quantitative estimate of drug-likeness (QED) is 0.906. The number of nitrogens with zero attached hydrogens (tertiary/aromatic N) is 3. The molecule has 1 aromatic heterocycles. The third kappa shape index (κ3) is 4.06. The molecule has 6 nitrogen and oxygen atoms in total. The fourth-order valence-electron chi connectivity index (χ4n) is 1.41. The van der Waals surface area contributed by atoms with Crippen molar-refractivity contribution < 1.29 is 9.53 Å². The lowest BCUT2D eigenvalue weighted by molar-refractivity contribution is -0.132. The number of nitrogens with one attached hydrogen (secondary N) is 1. The van der Waals surface area contributed by atoms with E-state index < -0.39 is 0 Å². The predicted molar refractivity (Wildman–Crippen MR) is 72.5 cm³/mol. The maximum Gasteiger partial charge on any atom is 0.260 e. The summed E-state index contributed by atoms with van der Waals surface area (Å²) in [5.41, 5.74) is 0. The van der Waals surface area contributed by atoms with E-state index in [9.17, 15) is 4.79 Å². The molecule has 2 aromatic rings. The van der Waals surface area contributed by atoms with E-state index in [0.29, 0.717) is 18.1 Å². The molecule has 1 heterocycles. The molecule has 1 aromatic carbocycles. The minimum atomic E-state index is -0.126. The van der Waals surface area contributed by atoms with Crippen LogP contribution in [0.25, 0.3) is 0 Å². The molecule has 0 bridgehead atoms. The Balaban J connectivity index is 1.82. The number of aromatic nitrogens is 3. The number of carbonyl (C=O) groups is 1. The molecular formula is C12H13BrN4O2. The zero-order valence-electron chi connectivity index (χ0n) is 10.3. The number of hydrogen-bond donors (Lipinski definition) is 1. The minimum absolute atomic E-state index is 0.00767. The summed E-state index contributed by atoms with van der Waals surface area (Å²) in [7, 11) is 1.69. The molecule has 19 heavy (non-hydrogen) atoms. The van der Waals surface area contributed by atoms with Gasteiger partial charge in [-0.2, -0.15) is 5.10 Å². The predicted octanol–water partition coefficient (Wildman–Crippen LogP) is 1.60. The lowest BCUT2D eigenvalue weighted by Crippen LogP contribution is -2.31. The third-order valence-corrected chi connectivity index (χ3v) is 2.98. The topological polar surface area (TPSA) is 71.1 Å². The van der Waals surface area contributed by atoms with Crippen molar-refractivity contribution in [1.29, 1.82) is 0 Å². The van der Waals surface area contributed by atoms with Gasteiger partial charge in [0.25, 0.3) is 5.91 Å². The average Bonchev–Trinajstić information content (AvgIpc) is 2.90. The van der Waals surface area contributed by atoms with Gasteiger partial charge in [-0.25, -0.2) is 4.98 Å². The molecule has 100 valence electrons. The molecule has 0 unspecified atom stereocenters. The summed E-state index contributed by atoms with van der Waals surface area (Å²) < 4.78 is 6.37. The van der Waals surface area contributed by atoms with Crippen LogP contribution >= 0.6 is 15.9 Å². The van der Waals surface area contributed by atoms with Gasteiger partial charge in [0.05, 0.1) is 6.54 Å². The smallest absolute Gasteiger partial charge is 0.260 e. The SMILES string of the molecule is CN(Cc1ncn[nH]1)C(=O)COc1ccc(Br)cc1. The molecule has 0 aliphatic carbocycles. The number of aromatic amines is 1. The van der Waals surface area contributed by atoms with Gasteiger partial charge in [0.2, 0.25) is 0 Å². The number of hydrogen-bond acceptors (Lipinski definition) is 4. The Labute approximate surface area is 118 Å². The van der Waals surface area contributed by atoms with Gasteiger partial charge in [-0.05, 0) is 24.3 Å². The van der Waals surface area contributed by atoms with Gasteiger partial charge in [0.15, 0.2) is 6.61 Å². The number of rotatable bonds is 5. The number of H-pyrrole nitrogens is 1. The molecule has 0 radical (unpaired) electrons. The molecule has 0 spiro atoms. The summed E-state index contributed by atoms with van der Waals surface area (Å²) in [5.74, 6) is 1.17. The molecule has 1 amide bonds. The lowest BCUT2D eigenvalue weighted by Gasteiger charge is -2.15. The van der Waals surface area contributed by atoms with Gasteiger partial charge in [-0.3, -0.25) is 9.89 Å². The van der Waals surface area contributed by atoms with E-state index in [4.69, 9.17) is 4.74 Å². The third-order valence-electron chi connectivity index (χ3n) is 2.45. The zero-order chi connectivity index (χ0) is 13.7. The largest absolute Gasteiger partial charge is 0.484 e. The van der Waals surface area contributed by atoms with E-state index in [2.05, 4.69) is 31.1 Å². The Morgan fingerprint density at radius 1 is 1.42 bits per heavy atom. The van der Waals surface area contributed by atoms with E-state index in [0.717, 1.165) is 4.47 Å². The van der Waals surface area contributed by atoms with Crippen molar-refractivity contribution in [1.82, 2.24) is 20.1 Å². The second kappa shape index (κ2) is 6.33. The van der Waals surface area contributed by atoms with Gasteiger partial charge >= 0.3 is 0 Å². The van der Waals surface area contributed by atoms with Crippen molar-refractivity contribution >= 4 is 21.8 Å². The van der Waals surface area contributed by atoms with Crippen LogP contribution < -0.4 is 4.74 Å². The molecule has 7 heteroatoms. The maximum atomic E-state index is 11.8. The van der Waals surface area contributed by atoms with Crippen LogP contribution in [0.5, 0.6) is 5.75 Å². The Kier molecular flexibility index (Phi) is 4.51. The van der Waals surface area contributed by atoms with Crippen LogP contribution in [0, 0.1) is 0 Å². The van der Waals surface area contributed by atoms with Gasteiger partial charge in [-0.1, -0.05) is 15.9 Å².